The van der Waals surface area contributed by atoms with Crippen LogP contribution in [0.15, 0.2) is 42.5 Å². The molecule has 0 radical (unpaired) electrons. The molecule has 164 valence electrons. The Morgan fingerprint density at radius 2 is 1.94 bits per heavy atom. The number of carbonyl (C=O) groups is 3. The predicted octanol–water partition coefficient (Wildman–Crippen LogP) is 4.46. The van der Waals surface area contributed by atoms with Crippen molar-refractivity contribution in [1.82, 2.24) is 5.32 Å². The molecule has 2 amide bonds. The van der Waals surface area contributed by atoms with Crippen LogP contribution in [0.2, 0.25) is 0 Å². The number of fused-ring (bicyclic) bond motifs is 1. The highest BCUT2D eigenvalue weighted by Crippen LogP contribution is 2.40. The van der Waals surface area contributed by atoms with Crippen LogP contribution < -0.4 is 10.2 Å². The predicted molar refractivity (Wildman–Crippen MR) is 121 cm³/mol. The zero-order valence-corrected chi connectivity index (χ0v) is 18.6. The van der Waals surface area contributed by atoms with Gasteiger partial charge in [0.25, 0.3) is 0 Å². The molecular formula is C25H30N2O4. The van der Waals surface area contributed by atoms with Crippen LogP contribution in [0.5, 0.6) is 0 Å². The fraction of sp³-hybridized carbons (Fsp3) is 0.400. The summed E-state index contributed by atoms with van der Waals surface area (Å²) >= 11 is 0. The summed E-state index contributed by atoms with van der Waals surface area (Å²) in [6.07, 6.45) is 1.39. The number of ether oxygens (including phenoxy) is 1. The van der Waals surface area contributed by atoms with E-state index in [0.29, 0.717) is 13.0 Å². The quantitative estimate of drug-likeness (QED) is 0.698. The molecule has 0 saturated heterocycles. The monoisotopic (exact) mass is 422 g/mol. The summed E-state index contributed by atoms with van der Waals surface area (Å²) in [5.74, 6) is 0.0542. The first-order chi connectivity index (χ1) is 14.8. The van der Waals surface area contributed by atoms with Gasteiger partial charge in [-0.15, -0.1) is 0 Å². The minimum absolute atomic E-state index is 0.0000991. The number of anilines is 1. The minimum Gasteiger partial charge on any atom is -0.447 e. The molecule has 0 spiro atoms. The van der Waals surface area contributed by atoms with E-state index in [1.54, 1.807) is 6.92 Å². The second-order valence-corrected chi connectivity index (χ2v) is 8.35. The van der Waals surface area contributed by atoms with Gasteiger partial charge < -0.3 is 19.7 Å². The molecule has 1 aliphatic heterocycles. The van der Waals surface area contributed by atoms with Crippen LogP contribution in [0.4, 0.5) is 10.5 Å². The third kappa shape index (κ3) is 5.32. The Labute approximate surface area is 183 Å². The van der Waals surface area contributed by atoms with E-state index in [2.05, 4.69) is 11.4 Å². The third-order valence-electron chi connectivity index (χ3n) is 5.55. The van der Waals surface area contributed by atoms with Gasteiger partial charge in [-0.1, -0.05) is 30.3 Å². The van der Waals surface area contributed by atoms with E-state index >= 15 is 0 Å². The number of carbonyl (C=O) groups excluding carboxylic acids is 3. The summed E-state index contributed by atoms with van der Waals surface area (Å²) in [6.45, 7) is 7.67. The number of aldehydes is 1. The Morgan fingerprint density at radius 3 is 2.61 bits per heavy atom. The molecule has 1 aliphatic rings. The van der Waals surface area contributed by atoms with Crippen molar-refractivity contribution < 1.29 is 19.1 Å². The Hall–Kier alpha value is -3.15. The van der Waals surface area contributed by atoms with Crippen molar-refractivity contribution >= 4 is 24.0 Å². The molecular weight excluding hydrogens is 392 g/mol. The van der Waals surface area contributed by atoms with Gasteiger partial charge >= 0.3 is 6.09 Å². The molecule has 1 N–H and O–H groups in total. The van der Waals surface area contributed by atoms with Crippen LogP contribution in [-0.2, 0) is 20.7 Å². The molecule has 0 fully saturated rings. The summed E-state index contributed by atoms with van der Waals surface area (Å²) in [6, 6.07) is 14.0. The lowest BCUT2D eigenvalue weighted by Crippen LogP contribution is -2.44. The minimum atomic E-state index is -0.434. The molecule has 1 unspecified atom stereocenters. The van der Waals surface area contributed by atoms with Gasteiger partial charge in [0, 0.05) is 37.5 Å². The molecule has 3 rings (SSSR count). The number of benzene rings is 2. The van der Waals surface area contributed by atoms with E-state index < -0.39 is 6.09 Å². The van der Waals surface area contributed by atoms with Gasteiger partial charge in [-0.2, -0.15) is 0 Å². The van der Waals surface area contributed by atoms with E-state index in [4.69, 9.17) is 4.74 Å². The normalized spacial score (nSPS) is 17.8. The maximum Gasteiger partial charge on any atom is 0.407 e. The van der Waals surface area contributed by atoms with Crippen LogP contribution in [0, 0.1) is 0 Å². The van der Waals surface area contributed by atoms with Crippen LogP contribution in [0.25, 0.3) is 11.1 Å². The average Bonchev–Trinajstić information content (AvgIpc) is 2.71. The van der Waals surface area contributed by atoms with E-state index in [0.717, 1.165) is 40.6 Å². The molecule has 0 aliphatic carbocycles. The van der Waals surface area contributed by atoms with Gasteiger partial charge in [-0.3, -0.25) is 4.79 Å². The van der Waals surface area contributed by atoms with Crippen LogP contribution in [0.1, 0.15) is 51.2 Å². The second-order valence-electron chi connectivity index (χ2n) is 8.35. The van der Waals surface area contributed by atoms with Crippen molar-refractivity contribution in [2.45, 2.75) is 58.6 Å². The van der Waals surface area contributed by atoms with Crippen molar-refractivity contribution in [2.75, 3.05) is 11.4 Å². The first kappa shape index (κ1) is 22.5. The highest BCUT2D eigenvalue weighted by Gasteiger charge is 2.32. The lowest BCUT2D eigenvalue weighted by atomic mass is 9.84. The maximum atomic E-state index is 12.3. The number of amides is 2. The molecule has 1 heterocycles. The zero-order chi connectivity index (χ0) is 22.5. The molecule has 2 atom stereocenters. The highest BCUT2D eigenvalue weighted by atomic mass is 16.6. The summed E-state index contributed by atoms with van der Waals surface area (Å²) in [5.41, 5.74) is 4.89. The smallest absolute Gasteiger partial charge is 0.407 e. The molecule has 0 saturated carbocycles. The van der Waals surface area contributed by atoms with E-state index in [-0.39, 0.29) is 24.0 Å². The average molecular weight is 423 g/mol. The molecule has 31 heavy (non-hydrogen) atoms. The molecule has 6 heteroatoms. The van der Waals surface area contributed by atoms with Crippen LogP contribution in [0.3, 0.4) is 0 Å². The van der Waals surface area contributed by atoms with E-state index in [1.165, 1.54) is 0 Å². The lowest BCUT2D eigenvalue weighted by Gasteiger charge is -2.39. The number of hydrogen-bond acceptors (Lipinski definition) is 4. The molecule has 0 aromatic heterocycles. The van der Waals surface area contributed by atoms with E-state index in [1.807, 2.05) is 62.1 Å². The highest BCUT2D eigenvalue weighted by molar-refractivity contribution is 5.94. The number of nitrogens with one attached hydrogen (secondary N) is 1. The lowest BCUT2D eigenvalue weighted by molar-refractivity contribution is -0.117. The van der Waals surface area contributed by atoms with Crippen molar-refractivity contribution in [3.05, 3.63) is 53.6 Å². The van der Waals surface area contributed by atoms with Gasteiger partial charge in [0.2, 0.25) is 5.91 Å². The number of nitrogens with zero attached hydrogens (tertiary/aromatic N) is 1. The first-order valence-corrected chi connectivity index (χ1v) is 10.7. The summed E-state index contributed by atoms with van der Waals surface area (Å²) in [4.78, 5) is 37.1. The summed E-state index contributed by atoms with van der Waals surface area (Å²) in [7, 11) is 0. The Balaban J connectivity index is 1.96. The molecule has 2 aromatic carbocycles. The summed E-state index contributed by atoms with van der Waals surface area (Å²) < 4.78 is 5.20. The van der Waals surface area contributed by atoms with Gasteiger partial charge in [0.15, 0.2) is 0 Å². The molecule has 0 bridgehead atoms. The fourth-order valence-corrected chi connectivity index (χ4v) is 4.27. The van der Waals surface area contributed by atoms with Crippen molar-refractivity contribution in [1.29, 1.82) is 0 Å². The summed E-state index contributed by atoms with van der Waals surface area (Å²) in [5, 5.41) is 2.87. The Morgan fingerprint density at radius 1 is 1.19 bits per heavy atom. The van der Waals surface area contributed by atoms with Crippen LogP contribution >= 0.6 is 0 Å². The van der Waals surface area contributed by atoms with Crippen molar-refractivity contribution in [2.24, 2.45) is 0 Å². The largest absolute Gasteiger partial charge is 0.447 e. The molecule has 2 aromatic rings. The Bertz CT molecular complexity index is 970. The van der Waals surface area contributed by atoms with Gasteiger partial charge in [-0.05, 0) is 61.6 Å². The number of hydrogen-bond donors (Lipinski definition) is 1. The third-order valence-corrected chi connectivity index (χ3v) is 5.55. The fourth-order valence-electron chi connectivity index (χ4n) is 4.27. The van der Waals surface area contributed by atoms with E-state index in [9.17, 15) is 14.4 Å². The SMILES string of the molecule is CC(=O)N1c2ccc(-c3cccc(CC=O)c3)cc2C(CNC(=O)OC(C)C)C[C@@H]1C. The van der Waals surface area contributed by atoms with Gasteiger partial charge in [0.05, 0.1) is 6.10 Å². The maximum absolute atomic E-state index is 12.3. The second kappa shape index (κ2) is 9.77. The number of rotatable bonds is 6. The Kier molecular flexibility index (Phi) is 7.10. The molecule has 6 nitrogen and oxygen atoms in total. The standard InChI is InChI=1S/C25H30N2O4/c1-16(2)31-25(30)26-15-22-12-17(3)27(18(4)29)24-9-8-21(14-23(22)24)20-7-5-6-19(13-20)10-11-28/h5-9,11,13-14,16-17,22H,10,12,15H2,1-4H3,(H,26,30)/t17-,22?/m0/s1. The van der Waals surface area contributed by atoms with Crippen molar-refractivity contribution in [3.63, 3.8) is 0 Å². The first-order valence-electron chi connectivity index (χ1n) is 10.7. The van der Waals surface area contributed by atoms with Crippen LogP contribution in [-0.4, -0.2) is 37.0 Å². The number of alkyl carbamates (subject to hydrolysis) is 1. The zero-order valence-electron chi connectivity index (χ0n) is 18.6. The van der Waals surface area contributed by atoms with Crippen molar-refractivity contribution in [3.8, 4) is 11.1 Å². The topological polar surface area (TPSA) is 75.7 Å². The van der Waals surface area contributed by atoms with Gasteiger partial charge in [0.1, 0.15) is 6.29 Å². The van der Waals surface area contributed by atoms with Gasteiger partial charge in [-0.25, -0.2) is 4.79 Å².